The number of methoxy groups -OCH3 is 1. The molecule has 4 aromatic rings. The van der Waals surface area contributed by atoms with Crippen LogP contribution in [-0.4, -0.2) is 51.4 Å². The summed E-state index contributed by atoms with van der Waals surface area (Å²) in [5.41, 5.74) is -1.38. The number of rotatable bonds is 9. The molecule has 0 fully saturated rings. The van der Waals surface area contributed by atoms with Crippen molar-refractivity contribution in [2.75, 3.05) is 12.4 Å². The van der Waals surface area contributed by atoms with Crippen LogP contribution in [0.15, 0.2) is 58.4 Å². The van der Waals surface area contributed by atoms with Gasteiger partial charge in [-0.3, -0.25) is 19.1 Å². The van der Waals surface area contributed by atoms with Crippen LogP contribution in [0, 0.1) is 11.6 Å². The number of amides is 1. The van der Waals surface area contributed by atoms with Gasteiger partial charge in [0.15, 0.2) is 0 Å². The van der Waals surface area contributed by atoms with E-state index in [1.807, 2.05) is 5.32 Å². The van der Waals surface area contributed by atoms with E-state index < -0.39 is 70.7 Å². The highest BCUT2D eigenvalue weighted by Gasteiger charge is 2.38. The number of ether oxygens (including phenoxy) is 1. The van der Waals surface area contributed by atoms with Crippen LogP contribution in [0.25, 0.3) is 22.0 Å². The van der Waals surface area contributed by atoms with Crippen LogP contribution >= 0.6 is 0 Å². The molecule has 0 aliphatic carbocycles. The number of esters is 1. The predicted octanol–water partition coefficient (Wildman–Crippen LogP) is 3.84. The molecule has 15 heteroatoms. The Bertz CT molecular complexity index is 1880. The summed E-state index contributed by atoms with van der Waals surface area (Å²) in [6, 6.07) is 3.95. The van der Waals surface area contributed by atoms with Crippen molar-refractivity contribution in [1.82, 2.24) is 19.4 Å². The minimum absolute atomic E-state index is 0.178. The fraction of sp³-hybridized carbons (Fsp3) is 0.300. The molecule has 0 saturated carbocycles. The van der Waals surface area contributed by atoms with Crippen molar-refractivity contribution < 1.29 is 36.3 Å². The number of halogens is 5. The summed E-state index contributed by atoms with van der Waals surface area (Å²) in [5, 5.41) is 4.72. The standard InChI is InChI=1S/C30H28F5N5O5/c1-5-23(30(33,34)35)37-16-12-20(31)24(21(32)13-16)26(41)38-22(28(43)45-4)11-15-8-9-18(25-17(15)7-6-10-36-25)19-14-39(2)29(44)40(3)27(19)42/h6-10,12-14,22-23,37H,5,11H2,1-4H3,(H,38,41)/t22-,23+/m0/s1. The van der Waals surface area contributed by atoms with Gasteiger partial charge in [-0.1, -0.05) is 25.1 Å². The van der Waals surface area contributed by atoms with Crippen LogP contribution in [0.4, 0.5) is 27.6 Å². The Hall–Kier alpha value is -5.08. The van der Waals surface area contributed by atoms with Crippen molar-refractivity contribution in [1.29, 1.82) is 0 Å². The lowest BCUT2D eigenvalue weighted by atomic mass is 9.96. The van der Waals surface area contributed by atoms with Gasteiger partial charge in [0.1, 0.15) is 29.3 Å². The lowest BCUT2D eigenvalue weighted by Gasteiger charge is -2.22. The second kappa shape index (κ2) is 12.9. The highest BCUT2D eigenvalue weighted by atomic mass is 19.4. The number of hydrogen-bond acceptors (Lipinski definition) is 7. The van der Waals surface area contributed by atoms with Gasteiger partial charge in [0.2, 0.25) is 0 Å². The highest BCUT2D eigenvalue weighted by Crippen LogP contribution is 2.30. The van der Waals surface area contributed by atoms with E-state index in [2.05, 4.69) is 10.3 Å². The second-order valence-corrected chi connectivity index (χ2v) is 10.2. The summed E-state index contributed by atoms with van der Waals surface area (Å²) in [4.78, 5) is 55.2. The van der Waals surface area contributed by atoms with Gasteiger partial charge in [0.05, 0.1) is 18.2 Å². The second-order valence-electron chi connectivity index (χ2n) is 10.2. The van der Waals surface area contributed by atoms with Crippen molar-refractivity contribution in [2.24, 2.45) is 14.1 Å². The van der Waals surface area contributed by atoms with Crippen LogP contribution < -0.4 is 21.9 Å². The summed E-state index contributed by atoms with van der Waals surface area (Å²) >= 11 is 0. The topological polar surface area (TPSA) is 124 Å². The summed E-state index contributed by atoms with van der Waals surface area (Å²) in [7, 11) is 3.87. The highest BCUT2D eigenvalue weighted by molar-refractivity contribution is 5.98. The Morgan fingerprint density at radius 1 is 1.04 bits per heavy atom. The molecule has 0 radical (unpaired) electrons. The molecule has 0 saturated heterocycles. The van der Waals surface area contributed by atoms with E-state index in [-0.39, 0.29) is 12.0 Å². The van der Waals surface area contributed by atoms with Crippen LogP contribution in [0.1, 0.15) is 29.3 Å². The number of nitrogens with zero attached hydrogens (tertiary/aromatic N) is 3. The summed E-state index contributed by atoms with van der Waals surface area (Å²) < 4.78 is 76.2. The first-order valence-electron chi connectivity index (χ1n) is 13.5. The summed E-state index contributed by atoms with van der Waals surface area (Å²) in [6.45, 7) is 1.24. The fourth-order valence-electron chi connectivity index (χ4n) is 4.90. The van der Waals surface area contributed by atoms with E-state index in [0.717, 1.165) is 11.7 Å². The zero-order chi connectivity index (χ0) is 33.2. The Kier molecular flexibility index (Phi) is 9.39. The van der Waals surface area contributed by atoms with Gasteiger partial charge in [-0.2, -0.15) is 13.2 Å². The number of fused-ring (bicyclic) bond motifs is 1. The average molecular weight is 634 g/mol. The third-order valence-corrected chi connectivity index (χ3v) is 7.23. The zero-order valence-corrected chi connectivity index (χ0v) is 24.5. The van der Waals surface area contributed by atoms with E-state index >= 15 is 0 Å². The monoisotopic (exact) mass is 633 g/mol. The Balaban J connectivity index is 1.68. The van der Waals surface area contributed by atoms with Crippen LogP contribution in [-0.2, 0) is 30.0 Å². The number of aromatic nitrogens is 3. The maximum Gasteiger partial charge on any atom is 0.408 e. The van der Waals surface area contributed by atoms with E-state index in [4.69, 9.17) is 4.74 Å². The number of hydrogen-bond donors (Lipinski definition) is 2. The maximum absolute atomic E-state index is 14.9. The van der Waals surface area contributed by atoms with Crippen LogP contribution in [0.2, 0.25) is 0 Å². The number of aryl methyl sites for hydroxylation is 1. The molecule has 0 bridgehead atoms. The molecule has 0 spiro atoms. The molecule has 2 atom stereocenters. The van der Waals surface area contributed by atoms with Gasteiger partial charge in [0.25, 0.3) is 11.5 Å². The van der Waals surface area contributed by atoms with Crippen molar-refractivity contribution in [3.05, 3.63) is 92.4 Å². The first-order chi connectivity index (χ1) is 21.2. The first kappa shape index (κ1) is 32.8. The molecule has 1 amide bonds. The smallest absolute Gasteiger partial charge is 0.408 e. The maximum atomic E-state index is 14.9. The van der Waals surface area contributed by atoms with Gasteiger partial charge in [-0.15, -0.1) is 0 Å². The Labute approximate surface area is 252 Å². The van der Waals surface area contributed by atoms with Crippen molar-refractivity contribution in [3.8, 4) is 11.1 Å². The third kappa shape index (κ3) is 6.71. The van der Waals surface area contributed by atoms with Gasteiger partial charge < -0.3 is 19.9 Å². The van der Waals surface area contributed by atoms with Gasteiger partial charge in [-0.05, 0) is 30.2 Å². The molecule has 2 heterocycles. The number of carbonyl (C=O) groups is 2. The summed E-state index contributed by atoms with van der Waals surface area (Å²) in [5.74, 6) is -5.20. The Morgan fingerprint density at radius 2 is 1.71 bits per heavy atom. The lowest BCUT2D eigenvalue weighted by Crippen LogP contribution is -2.43. The zero-order valence-electron chi connectivity index (χ0n) is 24.5. The van der Waals surface area contributed by atoms with Crippen LogP contribution in [0.3, 0.4) is 0 Å². The number of carbonyl (C=O) groups excluding carboxylic acids is 2. The third-order valence-electron chi connectivity index (χ3n) is 7.23. The minimum Gasteiger partial charge on any atom is -0.467 e. The molecule has 0 aliphatic heterocycles. The van der Waals surface area contributed by atoms with E-state index in [9.17, 15) is 41.1 Å². The average Bonchev–Trinajstić information content (AvgIpc) is 2.99. The van der Waals surface area contributed by atoms with Gasteiger partial charge in [0, 0.05) is 49.5 Å². The molecule has 0 aliphatic rings. The molecule has 2 aromatic carbocycles. The van der Waals surface area contributed by atoms with Crippen molar-refractivity contribution in [2.45, 2.75) is 38.0 Å². The fourth-order valence-corrected chi connectivity index (χ4v) is 4.90. The quantitative estimate of drug-likeness (QED) is 0.212. The molecule has 2 aromatic heterocycles. The van der Waals surface area contributed by atoms with Gasteiger partial charge in [-0.25, -0.2) is 18.4 Å². The molecule has 45 heavy (non-hydrogen) atoms. The predicted molar refractivity (Wildman–Crippen MR) is 155 cm³/mol. The number of benzene rings is 2. The molecular weight excluding hydrogens is 605 g/mol. The normalized spacial score (nSPS) is 12.9. The van der Waals surface area contributed by atoms with Crippen molar-refractivity contribution in [3.63, 3.8) is 0 Å². The first-order valence-corrected chi connectivity index (χ1v) is 13.5. The molecule has 4 rings (SSSR count). The largest absolute Gasteiger partial charge is 0.467 e. The SMILES string of the molecule is CC[C@@H](Nc1cc(F)c(C(=O)N[C@@H](Cc2ccc(-c3cn(C)c(=O)n(C)c3=O)c3ncccc23)C(=O)OC)c(F)c1)C(F)(F)F. The Morgan fingerprint density at radius 3 is 2.31 bits per heavy atom. The molecule has 238 valence electrons. The van der Waals surface area contributed by atoms with E-state index in [0.29, 0.717) is 34.2 Å². The number of alkyl halides is 3. The number of anilines is 1. The van der Waals surface area contributed by atoms with E-state index in [1.165, 1.54) is 38.0 Å². The summed E-state index contributed by atoms with van der Waals surface area (Å²) in [6.07, 6.45) is -2.48. The molecular formula is C30H28F5N5O5. The number of nitrogens with one attached hydrogen (secondary N) is 2. The number of pyridine rings is 1. The van der Waals surface area contributed by atoms with Crippen LogP contribution in [0.5, 0.6) is 0 Å². The lowest BCUT2D eigenvalue weighted by molar-refractivity contribution is -0.143. The van der Waals surface area contributed by atoms with Crippen molar-refractivity contribution >= 4 is 28.5 Å². The molecule has 2 N–H and O–H groups in total. The minimum atomic E-state index is -4.68. The molecule has 0 unspecified atom stereocenters. The molecule has 10 nitrogen and oxygen atoms in total. The van der Waals surface area contributed by atoms with E-state index in [1.54, 1.807) is 24.3 Å². The van der Waals surface area contributed by atoms with Gasteiger partial charge >= 0.3 is 17.8 Å².